The molecule has 26 heavy (non-hydrogen) atoms. The van der Waals surface area contributed by atoms with Crippen LogP contribution in [0.15, 0.2) is 10.9 Å². The molecular formula is C19H26N4O3. The van der Waals surface area contributed by atoms with Crippen LogP contribution in [0.2, 0.25) is 0 Å². The number of fused-ring (bicyclic) bond motifs is 1. The van der Waals surface area contributed by atoms with E-state index in [0.29, 0.717) is 43.3 Å². The van der Waals surface area contributed by atoms with Gasteiger partial charge < -0.3 is 18.7 Å². The molecule has 0 radical (unpaired) electrons. The van der Waals surface area contributed by atoms with Crippen molar-refractivity contribution >= 4 is 5.91 Å². The molecule has 0 spiro atoms. The van der Waals surface area contributed by atoms with Crippen LogP contribution in [0.1, 0.15) is 58.9 Å². The smallest absolute Gasteiger partial charge is 0.259 e. The summed E-state index contributed by atoms with van der Waals surface area (Å²) in [6.45, 7) is 9.04. The molecule has 1 fully saturated rings. The van der Waals surface area contributed by atoms with Crippen molar-refractivity contribution < 1.29 is 14.1 Å². The zero-order valence-corrected chi connectivity index (χ0v) is 15.7. The Balaban J connectivity index is 1.61. The topological polar surface area (TPSA) is 73.4 Å². The Morgan fingerprint density at radius 3 is 2.85 bits per heavy atom. The van der Waals surface area contributed by atoms with E-state index < -0.39 is 0 Å². The third-order valence-corrected chi connectivity index (χ3v) is 5.34. The second-order valence-corrected chi connectivity index (χ2v) is 7.41. The number of rotatable bonds is 6. The predicted molar refractivity (Wildman–Crippen MR) is 94.9 cm³/mol. The molecule has 7 nitrogen and oxygen atoms in total. The number of carbonyl (C=O) groups excluding carboxylic acids is 1. The fraction of sp³-hybridized carbons (Fsp3) is 0.632. The van der Waals surface area contributed by atoms with Gasteiger partial charge in [0.15, 0.2) is 0 Å². The van der Waals surface area contributed by atoms with Crippen molar-refractivity contribution in [3.63, 3.8) is 0 Å². The highest BCUT2D eigenvalue weighted by Gasteiger charge is 2.35. The third kappa shape index (κ3) is 3.16. The molecule has 2 aromatic rings. The van der Waals surface area contributed by atoms with E-state index in [-0.39, 0.29) is 11.8 Å². The predicted octanol–water partition coefficient (Wildman–Crippen LogP) is 2.67. The molecule has 1 saturated carbocycles. The first-order valence-electron chi connectivity index (χ1n) is 9.42. The van der Waals surface area contributed by atoms with Gasteiger partial charge in [-0.1, -0.05) is 5.16 Å². The van der Waals surface area contributed by atoms with Crippen LogP contribution in [0.5, 0.6) is 0 Å². The van der Waals surface area contributed by atoms with E-state index >= 15 is 0 Å². The Kier molecular flexibility index (Phi) is 4.56. The van der Waals surface area contributed by atoms with Gasteiger partial charge >= 0.3 is 0 Å². The lowest BCUT2D eigenvalue weighted by molar-refractivity contribution is 0.0642. The summed E-state index contributed by atoms with van der Waals surface area (Å²) in [5.41, 5.74) is 3.44. The largest absolute Gasteiger partial charge is 0.381 e. The lowest BCUT2D eigenvalue weighted by atomic mass is 9.97. The normalized spacial score (nSPS) is 19.7. The molecule has 0 bridgehead atoms. The highest BCUT2D eigenvalue weighted by atomic mass is 16.5. The van der Waals surface area contributed by atoms with Crippen LogP contribution < -0.4 is 0 Å². The molecule has 1 amide bonds. The van der Waals surface area contributed by atoms with Crippen LogP contribution in [-0.4, -0.2) is 45.3 Å². The molecule has 140 valence electrons. The first-order valence-corrected chi connectivity index (χ1v) is 9.42. The Bertz CT molecular complexity index is 786. The Morgan fingerprint density at radius 1 is 1.38 bits per heavy atom. The number of aryl methyl sites for hydroxylation is 2. The van der Waals surface area contributed by atoms with Crippen LogP contribution in [-0.2, 0) is 17.8 Å². The Hall–Kier alpha value is -2.15. The molecule has 0 aromatic carbocycles. The molecule has 0 saturated heterocycles. The second kappa shape index (κ2) is 6.87. The molecule has 1 aliphatic heterocycles. The van der Waals surface area contributed by atoms with Gasteiger partial charge in [0.1, 0.15) is 11.3 Å². The second-order valence-electron chi connectivity index (χ2n) is 7.41. The van der Waals surface area contributed by atoms with E-state index in [1.807, 2.05) is 18.2 Å². The van der Waals surface area contributed by atoms with Gasteiger partial charge in [-0.3, -0.25) is 4.79 Å². The SMILES string of the molecule is CCOC[C@@H]1CN(C(=O)c2c(C)noc2C)Cc2ncn(CC3CC3)c21. The summed E-state index contributed by atoms with van der Waals surface area (Å²) in [4.78, 5) is 19.6. The van der Waals surface area contributed by atoms with Gasteiger partial charge in [0.2, 0.25) is 0 Å². The molecular weight excluding hydrogens is 332 g/mol. The molecule has 0 N–H and O–H groups in total. The standard InChI is InChI=1S/C19H26N4O3/c1-4-25-10-15-8-22(19(24)17-12(2)21-26-13(17)3)9-16-18(15)23(11-20-16)7-14-5-6-14/h11,14-15H,4-10H2,1-3H3/t15-/m0/s1. The molecule has 4 rings (SSSR count). The first-order chi connectivity index (χ1) is 12.6. The molecule has 7 heteroatoms. The number of hydrogen-bond acceptors (Lipinski definition) is 5. The van der Waals surface area contributed by atoms with Gasteiger partial charge in [0, 0.05) is 31.3 Å². The minimum absolute atomic E-state index is 0.0369. The van der Waals surface area contributed by atoms with Crippen LogP contribution in [0, 0.1) is 19.8 Å². The van der Waals surface area contributed by atoms with E-state index in [2.05, 4.69) is 14.7 Å². The van der Waals surface area contributed by atoms with Crippen molar-refractivity contribution in [2.45, 2.75) is 52.6 Å². The van der Waals surface area contributed by atoms with Crippen molar-refractivity contribution in [3.05, 3.63) is 34.7 Å². The summed E-state index contributed by atoms with van der Waals surface area (Å²) in [6, 6.07) is 0. The molecule has 2 aromatic heterocycles. The van der Waals surface area contributed by atoms with Gasteiger partial charge in [-0.25, -0.2) is 4.98 Å². The maximum absolute atomic E-state index is 13.1. The first kappa shape index (κ1) is 17.3. The minimum atomic E-state index is -0.0369. The lowest BCUT2D eigenvalue weighted by Crippen LogP contribution is -2.40. The molecule has 3 heterocycles. The number of hydrogen-bond donors (Lipinski definition) is 0. The lowest BCUT2D eigenvalue weighted by Gasteiger charge is -2.33. The van der Waals surface area contributed by atoms with Gasteiger partial charge in [-0.05, 0) is 39.5 Å². The van der Waals surface area contributed by atoms with Crippen LogP contribution in [0.25, 0.3) is 0 Å². The summed E-state index contributed by atoms with van der Waals surface area (Å²) in [6.07, 6.45) is 4.55. The molecule has 0 unspecified atom stereocenters. The Labute approximate surface area is 153 Å². The van der Waals surface area contributed by atoms with Gasteiger partial charge in [-0.2, -0.15) is 0 Å². The highest BCUT2D eigenvalue weighted by molar-refractivity contribution is 5.96. The Morgan fingerprint density at radius 2 is 2.19 bits per heavy atom. The monoisotopic (exact) mass is 358 g/mol. The molecule has 2 aliphatic rings. The van der Waals surface area contributed by atoms with E-state index in [1.165, 1.54) is 18.5 Å². The fourth-order valence-electron chi connectivity index (χ4n) is 3.84. The molecule has 1 atom stereocenters. The van der Waals surface area contributed by atoms with Crippen molar-refractivity contribution in [2.75, 3.05) is 19.8 Å². The minimum Gasteiger partial charge on any atom is -0.381 e. The number of nitrogens with zero attached hydrogens (tertiary/aromatic N) is 4. The summed E-state index contributed by atoms with van der Waals surface area (Å²) in [5, 5.41) is 3.92. The number of carbonyl (C=O) groups is 1. The number of imidazole rings is 1. The summed E-state index contributed by atoms with van der Waals surface area (Å²) >= 11 is 0. The van der Waals surface area contributed by atoms with E-state index in [9.17, 15) is 4.79 Å². The van der Waals surface area contributed by atoms with Crippen LogP contribution in [0.4, 0.5) is 0 Å². The quantitative estimate of drug-likeness (QED) is 0.794. The fourth-order valence-corrected chi connectivity index (χ4v) is 3.84. The van der Waals surface area contributed by atoms with Crippen LogP contribution >= 0.6 is 0 Å². The van der Waals surface area contributed by atoms with Gasteiger partial charge in [0.25, 0.3) is 5.91 Å². The molecule has 1 aliphatic carbocycles. The average Bonchev–Trinajstić information content (AvgIpc) is 3.26. The number of ether oxygens (including phenoxy) is 1. The maximum Gasteiger partial charge on any atom is 0.259 e. The van der Waals surface area contributed by atoms with E-state index in [4.69, 9.17) is 9.26 Å². The number of aromatic nitrogens is 3. The maximum atomic E-state index is 13.1. The average molecular weight is 358 g/mol. The van der Waals surface area contributed by atoms with Gasteiger partial charge in [0.05, 0.1) is 30.9 Å². The van der Waals surface area contributed by atoms with Crippen molar-refractivity contribution in [1.29, 1.82) is 0 Å². The van der Waals surface area contributed by atoms with Gasteiger partial charge in [-0.15, -0.1) is 0 Å². The highest BCUT2D eigenvalue weighted by Crippen LogP contribution is 2.35. The van der Waals surface area contributed by atoms with Crippen molar-refractivity contribution in [3.8, 4) is 0 Å². The summed E-state index contributed by atoms with van der Waals surface area (Å²) in [5.74, 6) is 1.46. The summed E-state index contributed by atoms with van der Waals surface area (Å²) in [7, 11) is 0. The van der Waals surface area contributed by atoms with E-state index in [1.54, 1.807) is 13.8 Å². The zero-order valence-electron chi connectivity index (χ0n) is 15.7. The zero-order chi connectivity index (χ0) is 18.3. The van der Waals surface area contributed by atoms with Crippen LogP contribution in [0.3, 0.4) is 0 Å². The van der Waals surface area contributed by atoms with Crippen molar-refractivity contribution in [2.24, 2.45) is 5.92 Å². The number of amides is 1. The summed E-state index contributed by atoms with van der Waals surface area (Å²) < 4.78 is 13.2. The van der Waals surface area contributed by atoms with E-state index in [0.717, 1.165) is 18.2 Å². The van der Waals surface area contributed by atoms with Crippen molar-refractivity contribution in [1.82, 2.24) is 19.6 Å². The third-order valence-electron chi connectivity index (χ3n) is 5.34.